The minimum atomic E-state index is 0.212. The van der Waals surface area contributed by atoms with Crippen LogP contribution < -0.4 is 10.6 Å². The van der Waals surface area contributed by atoms with Crippen LogP contribution in [-0.2, 0) is 11.3 Å². The summed E-state index contributed by atoms with van der Waals surface area (Å²) < 4.78 is 7.60. The van der Waals surface area contributed by atoms with E-state index >= 15 is 0 Å². The van der Waals surface area contributed by atoms with Crippen LogP contribution in [0.3, 0.4) is 0 Å². The summed E-state index contributed by atoms with van der Waals surface area (Å²) in [6, 6.07) is 4.11. The molecule has 174 valence electrons. The number of nitrogens with zero attached hydrogens (tertiary/aromatic N) is 5. The number of aryl methyl sites for hydroxylation is 1. The van der Waals surface area contributed by atoms with Crippen molar-refractivity contribution in [2.75, 3.05) is 39.4 Å². The van der Waals surface area contributed by atoms with Gasteiger partial charge in [0.1, 0.15) is 11.6 Å². The van der Waals surface area contributed by atoms with Crippen molar-refractivity contribution in [2.45, 2.75) is 58.0 Å². The highest BCUT2D eigenvalue weighted by Gasteiger charge is 2.38. The maximum absolute atomic E-state index is 5.62. The molecule has 3 heterocycles. The molecular formula is C24H37N7O. The number of aromatic nitrogens is 3. The first-order valence-electron chi connectivity index (χ1n) is 12.0. The molecule has 0 aromatic carbocycles. The van der Waals surface area contributed by atoms with Crippen LogP contribution >= 0.6 is 0 Å². The third kappa shape index (κ3) is 5.48. The highest BCUT2D eigenvalue weighted by Crippen LogP contribution is 2.33. The number of hydrogen-bond donors (Lipinski definition) is 2. The number of morpholine rings is 1. The number of nitrogens with one attached hydrogen (secondary N) is 2. The van der Waals surface area contributed by atoms with Crippen LogP contribution in [0.5, 0.6) is 0 Å². The quantitative estimate of drug-likeness (QED) is 0.510. The molecular weight excluding hydrogens is 402 g/mol. The lowest BCUT2D eigenvalue weighted by molar-refractivity contribution is -0.0352. The summed E-state index contributed by atoms with van der Waals surface area (Å²) in [7, 11) is 0. The minimum Gasteiger partial charge on any atom is -0.379 e. The Morgan fingerprint density at radius 1 is 1.12 bits per heavy atom. The van der Waals surface area contributed by atoms with Crippen molar-refractivity contribution < 1.29 is 4.74 Å². The van der Waals surface area contributed by atoms with Gasteiger partial charge in [0.25, 0.3) is 0 Å². The molecule has 2 N–H and O–H groups in total. The predicted molar refractivity (Wildman–Crippen MR) is 127 cm³/mol. The van der Waals surface area contributed by atoms with Gasteiger partial charge in [-0.15, -0.1) is 0 Å². The summed E-state index contributed by atoms with van der Waals surface area (Å²) in [5.41, 5.74) is 1.30. The maximum atomic E-state index is 5.62. The molecule has 2 aromatic rings. The van der Waals surface area contributed by atoms with Gasteiger partial charge in [-0.1, -0.05) is 25.3 Å². The summed E-state index contributed by atoms with van der Waals surface area (Å²) in [4.78, 5) is 16.4. The molecule has 32 heavy (non-hydrogen) atoms. The fraction of sp³-hybridized carbons (Fsp3) is 0.625. The average molecular weight is 440 g/mol. The predicted octanol–water partition coefficient (Wildman–Crippen LogP) is 2.67. The van der Waals surface area contributed by atoms with Crippen LogP contribution in [0, 0.1) is 6.92 Å². The zero-order valence-corrected chi connectivity index (χ0v) is 19.5. The number of rotatable bonds is 7. The van der Waals surface area contributed by atoms with E-state index in [4.69, 9.17) is 9.73 Å². The summed E-state index contributed by atoms with van der Waals surface area (Å²) in [6.07, 6.45) is 12.1. The molecule has 0 bridgehead atoms. The first-order chi connectivity index (χ1) is 15.7. The zero-order chi connectivity index (χ0) is 22.2. The molecule has 4 rings (SSSR count). The summed E-state index contributed by atoms with van der Waals surface area (Å²) in [6.45, 7) is 10.2. The van der Waals surface area contributed by atoms with Crippen molar-refractivity contribution in [1.82, 2.24) is 30.1 Å². The lowest BCUT2D eigenvalue weighted by Crippen LogP contribution is -2.60. The Labute approximate surface area is 191 Å². The van der Waals surface area contributed by atoms with E-state index in [0.29, 0.717) is 6.54 Å². The van der Waals surface area contributed by atoms with Gasteiger partial charge in [-0.2, -0.15) is 0 Å². The molecule has 8 heteroatoms. The molecule has 2 aromatic heterocycles. The van der Waals surface area contributed by atoms with Crippen LogP contribution in [0.15, 0.2) is 35.7 Å². The van der Waals surface area contributed by atoms with E-state index in [1.807, 2.05) is 30.0 Å². The lowest BCUT2D eigenvalue weighted by atomic mass is 9.80. The van der Waals surface area contributed by atoms with Gasteiger partial charge in [0.05, 0.1) is 19.8 Å². The van der Waals surface area contributed by atoms with Gasteiger partial charge in [-0.3, -0.25) is 9.47 Å². The number of imidazole rings is 1. The van der Waals surface area contributed by atoms with Gasteiger partial charge in [0, 0.05) is 50.3 Å². The van der Waals surface area contributed by atoms with Crippen molar-refractivity contribution in [1.29, 1.82) is 0 Å². The van der Waals surface area contributed by atoms with E-state index in [2.05, 4.69) is 38.5 Å². The summed E-state index contributed by atoms with van der Waals surface area (Å²) in [5.74, 6) is 2.68. The molecule has 2 aliphatic rings. The SMILES string of the molecule is CCNC(=NCc1ccc(-n2ccnc2C)nc1)NCC1(N2CCOCC2)CCCCC1. The van der Waals surface area contributed by atoms with E-state index in [0.717, 1.165) is 62.6 Å². The van der Waals surface area contributed by atoms with Crippen molar-refractivity contribution in [2.24, 2.45) is 4.99 Å². The second kappa shape index (κ2) is 10.9. The van der Waals surface area contributed by atoms with E-state index < -0.39 is 0 Å². The van der Waals surface area contributed by atoms with Crippen molar-refractivity contribution in [3.63, 3.8) is 0 Å². The average Bonchev–Trinajstić information content (AvgIpc) is 3.28. The molecule has 8 nitrogen and oxygen atoms in total. The number of hydrogen-bond acceptors (Lipinski definition) is 5. The highest BCUT2D eigenvalue weighted by atomic mass is 16.5. The third-order valence-electron chi connectivity index (χ3n) is 6.70. The van der Waals surface area contributed by atoms with Crippen molar-refractivity contribution >= 4 is 5.96 Å². The second-order valence-corrected chi connectivity index (χ2v) is 8.80. The molecule has 1 aliphatic carbocycles. The van der Waals surface area contributed by atoms with Gasteiger partial charge in [0.2, 0.25) is 0 Å². The van der Waals surface area contributed by atoms with Crippen molar-refractivity contribution in [3.8, 4) is 5.82 Å². The summed E-state index contributed by atoms with van der Waals surface area (Å²) >= 11 is 0. The molecule has 0 spiro atoms. The van der Waals surface area contributed by atoms with Crippen LogP contribution in [-0.4, -0.2) is 70.3 Å². The van der Waals surface area contributed by atoms with Crippen molar-refractivity contribution in [3.05, 3.63) is 42.1 Å². The standard InChI is InChI=1S/C24H37N7O/c1-3-25-23(28-18-21-7-8-22(27-17-21)31-12-11-26-20(31)2)29-19-24(9-5-4-6-10-24)30-13-15-32-16-14-30/h7-8,11-12,17H,3-6,9-10,13-16,18-19H2,1-2H3,(H2,25,28,29). The van der Waals surface area contributed by atoms with E-state index in [-0.39, 0.29) is 5.54 Å². The van der Waals surface area contributed by atoms with Crippen LogP contribution in [0.2, 0.25) is 0 Å². The monoisotopic (exact) mass is 439 g/mol. The van der Waals surface area contributed by atoms with Gasteiger partial charge < -0.3 is 15.4 Å². The number of pyridine rings is 1. The molecule has 0 amide bonds. The molecule has 1 aliphatic heterocycles. The Bertz CT molecular complexity index is 865. The van der Waals surface area contributed by atoms with E-state index in [1.54, 1.807) is 6.20 Å². The first kappa shape index (κ1) is 22.7. The van der Waals surface area contributed by atoms with Gasteiger partial charge >= 0.3 is 0 Å². The van der Waals surface area contributed by atoms with Gasteiger partial charge in [0.15, 0.2) is 5.96 Å². The third-order valence-corrected chi connectivity index (χ3v) is 6.70. The Morgan fingerprint density at radius 3 is 2.59 bits per heavy atom. The lowest BCUT2D eigenvalue weighted by Gasteiger charge is -2.48. The van der Waals surface area contributed by atoms with E-state index in [9.17, 15) is 0 Å². The van der Waals surface area contributed by atoms with E-state index in [1.165, 1.54) is 32.1 Å². The van der Waals surface area contributed by atoms with Gasteiger partial charge in [-0.05, 0) is 38.3 Å². The molecule has 1 saturated heterocycles. The molecule has 0 atom stereocenters. The zero-order valence-electron chi connectivity index (χ0n) is 19.5. The fourth-order valence-corrected chi connectivity index (χ4v) is 4.89. The fourth-order valence-electron chi connectivity index (χ4n) is 4.89. The number of guanidine groups is 1. The number of ether oxygens (including phenoxy) is 1. The maximum Gasteiger partial charge on any atom is 0.191 e. The Kier molecular flexibility index (Phi) is 7.76. The molecule has 0 radical (unpaired) electrons. The highest BCUT2D eigenvalue weighted by molar-refractivity contribution is 5.79. The Morgan fingerprint density at radius 2 is 1.94 bits per heavy atom. The largest absolute Gasteiger partial charge is 0.379 e. The van der Waals surface area contributed by atoms with Crippen LogP contribution in [0.4, 0.5) is 0 Å². The molecule has 0 unspecified atom stereocenters. The van der Waals surface area contributed by atoms with Crippen LogP contribution in [0.1, 0.15) is 50.4 Å². The topological polar surface area (TPSA) is 79.6 Å². The Balaban J connectivity index is 1.40. The minimum absolute atomic E-state index is 0.212. The normalized spacial score (nSPS) is 19.6. The number of aliphatic imine (C=N–C) groups is 1. The first-order valence-corrected chi connectivity index (χ1v) is 12.0. The Hall–Kier alpha value is -2.45. The van der Waals surface area contributed by atoms with Crippen LogP contribution in [0.25, 0.3) is 5.82 Å². The summed E-state index contributed by atoms with van der Waals surface area (Å²) in [5, 5.41) is 7.08. The molecule has 1 saturated carbocycles. The van der Waals surface area contributed by atoms with Gasteiger partial charge in [-0.25, -0.2) is 15.0 Å². The molecule has 2 fully saturated rings. The smallest absolute Gasteiger partial charge is 0.191 e. The second-order valence-electron chi connectivity index (χ2n) is 8.80.